The number of nitrogen functional groups attached to an aromatic ring is 1. The van der Waals surface area contributed by atoms with E-state index in [0.29, 0.717) is 28.7 Å². The lowest BCUT2D eigenvalue weighted by molar-refractivity contribution is 0.0692. The van der Waals surface area contributed by atoms with E-state index in [4.69, 9.17) is 10.8 Å². The van der Waals surface area contributed by atoms with Crippen molar-refractivity contribution < 1.29 is 14.3 Å². The lowest BCUT2D eigenvalue weighted by atomic mass is 10.1. The Bertz CT molecular complexity index is 943. The van der Waals surface area contributed by atoms with Crippen LogP contribution in [0.25, 0.3) is 22.3 Å². The number of aryl methyl sites for hydroxylation is 1. The molecule has 0 bridgehead atoms. The zero-order valence-corrected chi connectivity index (χ0v) is 13.0. The van der Waals surface area contributed by atoms with Crippen LogP contribution in [0.5, 0.6) is 0 Å². The van der Waals surface area contributed by atoms with Gasteiger partial charge >= 0.3 is 5.97 Å². The van der Waals surface area contributed by atoms with Gasteiger partial charge in [0, 0.05) is 5.56 Å². The molecule has 3 aromatic rings. The molecule has 0 saturated heterocycles. The maximum Gasteiger partial charge on any atom is 0.338 e. The molecule has 0 aliphatic heterocycles. The normalized spacial score (nSPS) is 10.9. The van der Waals surface area contributed by atoms with Crippen LogP contribution in [0.15, 0.2) is 30.3 Å². The van der Waals surface area contributed by atoms with Crippen LogP contribution in [0.2, 0.25) is 0 Å². The number of pyridine rings is 1. The van der Waals surface area contributed by atoms with Crippen molar-refractivity contribution in [3.8, 4) is 11.3 Å². The molecular weight excluding hydrogens is 311 g/mol. The summed E-state index contributed by atoms with van der Waals surface area (Å²) in [6.07, 6.45) is 1.57. The van der Waals surface area contributed by atoms with Gasteiger partial charge in [-0.2, -0.15) is 0 Å². The van der Waals surface area contributed by atoms with Crippen LogP contribution in [-0.4, -0.2) is 26.0 Å². The first-order valence-corrected chi connectivity index (χ1v) is 7.46. The molecule has 0 amide bonds. The molecule has 0 spiro atoms. The highest BCUT2D eigenvalue weighted by molar-refractivity contribution is 5.89. The van der Waals surface area contributed by atoms with Crippen LogP contribution in [-0.2, 0) is 6.42 Å². The Balaban J connectivity index is 2.14. The van der Waals surface area contributed by atoms with Crippen molar-refractivity contribution >= 4 is 23.0 Å². The van der Waals surface area contributed by atoms with Crippen LogP contribution in [0.1, 0.15) is 29.4 Å². The summed E-state index contributed by atoms with van der Waals surface area (Å²) >= 11 is 0. The number of benzene rings is 1. The van der Waals surface area contributed by atoms with E-state index in [9.17, 15) is 9.18 Å². The number of halogens is 1. The van der Waals surface area contributed by atoms with E-state index < -0.39 is 11.8 Å². The SMILES string of the molecule is CCCc1nc(N)nc2ccc(-c3ccc(C(=O)O)c(F)c3)nc12. The minimum absolute atomic E-state index is 0.192. The maximum atomic E-state index is 13.9. The van der Waals surface area contributed by atoms with Crippen molar-refractivity contribution in [2.75, 3.05) is 5.73 Å². The zero-order valence-electron chi connectivity index (χ0n) is 13.0. The number of aromatic nitrogens is 3. The number of hydrogen-bond acceptors (Lipinski definition) is 5. The smallest absolute Gasteiger partial charge is 0.338 e. The number of nitrogens with two attached hydrogens (primary N) is 1. The summed E-state index contributed by atoms with van der Waals surface area (Å²) in [6, 6.07) is 7.36. The molecule has 122 valence electrons. The van der Waals surface area contributed by atoms with Gasteiger partial charge in [-0.05, 0) is 30.7 Å². The molecular formula is C17H15FN4O2. The van der Waals surface area contributed by atoms with Crippen molar-refractivity contribution in [1.29, 1.82) is 0 Å². The summed E-state index contributed by atoms with van der Waals surface area (Å²) in [5.74, 6) is -1.92. The van der Waals surface area contributed by atoms with E-state index in [-0.39, 0.29) is 11.5 Å². The number of anilines is 1. The van der Waals surface area contributed by atoms with E-state index in [0.717, 1.165) is 18.2 Å². The summed E-state index contributed by atoms with van der Waals surface area (Å²) in [7, 11) is 0. The van der Waals surface area contributed by atoms with Gasteiger partial charge in [0.25, 0.3) is 0 Å². The number of carboxylic acids is 1. The van der Waals surface area contributed by atoms with E-state index >= 15 is 0 Å². The van der Waals surface area contributed by atoms with Gasteiger partial charge in [-0.15, -0.1) is 0 Å². The number of nitrogens with zero attached hydrogens (tertiary/aromatic N) is 3. The molecule has 0 aliphatic rings. The highest BCUT2D eigenvalue weighted by Crippen LogP contribution is 2.24. The third-order valence-electron chi connectivity index (χ3n) is 3.61. The zero-order chi connectivity index (χ0) is 17.3. The lowest BCUT2D eigenvalue weighted by Gasteiger charge is -2.08. The summed E-state index contributed by atoms with van der Waals surface area (Å²) in [6.45, 7) is 2.02. The number of rotatable bonds is 4. The lowest BCUT2D eigenvalue weighted by Crippen LogP contribution is -2.03. The Labute approximate surface area is 137 Å². The molecule has 0 radical (unpaired) electrons. The van der Waals surface area contributed by atoms with Gasteiger partial charge in [0.05, 0.1) is 22.5 Å². The van der Waals surface area contributed by atoms with Crippen LogP contribution in [0.3, 0.4) is 0 Å². The molecule has 2 heterocycles. The molecule has 7 heteroatoms. The third kappa shape index (κ3) is 2.88. The first kappa shape index (κ1) is 15.8. The number of carbonyl (C=O) groups is 1. The monoisotopic (exact) mass is 326 g/mol. The number of carboxylic acid groups (broad SMARTS) is 1. The fourth-order valence-electron chi connectivity index (χ4n) is 2.51. The van der Waals surface area contributed by atoms with Gasteiger partial charge in [0.1, 0.15) is 11.3 Å². The van der Waals surface area contributed by atoms with E-state index in [2.05, 4.69) is 15.0 Å². The summed E-state index contributed by atoms with van der Waals surface area (Å²) < 4.78 is 13.9. The van der Waals surface area contributed by atoms with Gasteiger partial charge in [-0.1, -0.05) is 19.4 Å². The number of aromatic carboxylic acids is 1. The second-order valence-corrected chi connectivity index (χ2v) is 5.34. The molecule has 0 aliphatic carbocycles. The Morgan fingerprint density at radius 2 is 2.00 bits per heavy atom. The van der Waals surface area contributed by atoms with Crippen molar-refractivity contribution in [3.05, 3.63) is 47.4 Å². The first-order chi connectivity index (χ1) is 11.5. The fraction of sp³-hybridized carbons (Fsp3) is 0.176. The standard InChI is InChI=1S/C17H15FN4O2/c1-2-3-13-15-14(22-17(19)21-13)7-6-12(20-15)9-4-5-10(16(23)24)11(18)8-9/h4-8H,2-3H2,1H3,(H,23,24)(H2,19,21,22). The average Bonchev–Trinajstić information content (AvgIpc) is 2.54. The van der Waals surface area contributed by atoms with Crippen molar-refractivity contribution in [2.24, 2.45) is 0 Å². The average molecular weight is 326 g/mol. The molecule has 1 aromatic carbocycles. The van der Waals surface area contributed by atoms with Crippen LogP contribution < -0.4 is 5.73 Å². The topological polar surface area (TPSA) is 102 Å². The van der Waals surface area contributed by atoms with Gasteiger partial charge < -0.3 is 10.8 Å². The third-order valence-corrected chi connectivity index (χ3v) is 3.61. The molecule has 2 aromatic heterocycles. The molecule has 0 fully saturated rings. The molecule has 0 unspecified atom stereocenters. The van der Waals surface area contributed by atoms with Crippen molar-refractivity contribution in [1.82, 2.24) is 15.0 Å². The summed E-state index contributed by atoms with van der Waals surface area (Å²) in [5.41, 5.74) is 8.32. The Morgan fingerprint density at radius 1 is 1.21 bits per heavy atom. The highest BCUT2D eigenvalue weighted by Gasteiger charge is 2.13. The van der Waals surface area contributed by atoms with Crippen molar-refractivity contribution in [2.45, 2.75) is 19.8 Å². The highest BCUT2D eigenvalue weighted by atomic mass is 19.1. The molecule has 0 atom stereocenters. The Hall–Kier alpha value is -3.09. The van der Waals surface area contributed by atoms with E-state index in [1.807, 2.05) is 6.92 Å². The molecule has 24 heavy (non-hydrogen) atoms. The Morgan fingerprint density at radius 3 is 2.67 bits per heavy atom. The van der Waals surface area contributed by atoms with Gasteiger partial charge in [-0.3, -0.25) is 0 Å². The van der Waals surface area contributed by atoms with Gasteiger partial charge in [0.15, 0.2) is 0 Å². The fourth-order valence-corrected chi connectivity index (χ4v) is 2.51. The minimum atomic E-state index is -1.31. The van der Waals surface area contributed by atoms with Crippen LogP contribution in [0, 0.1) is 5.82 Å². The second-order valence-electron chi connectivity index (χ2n) is 5.34. The van der Waals surface area contributed by atoms with E-state index in [1.54, 1.807) is 12.1 Å². The predicted octanol–water partition coefficient (Wildman–Crippen LogP) is 3.06. The van der Waals surface area contributed by atoms with Gasteiger partial charge in [0.2, 0.25) is 5.95 Å². The largest absolute Gasteiger partial charge is 0.478 e. The van der Waals surface area contributed by atoms with E-state index in [1.165, 1.54) is 12.1 Å². The minimum Gasteiger partial charge on any atom is -0.478 e. The first-order valence-electron chi connectivity index (χ1n) is 7.46. The molecule has 3 N–H and O–H groups in total. The predicted molar refractivity (Wildman–Crippen MR) is 88.1 cm³/mol. The quantitative estimate of drug-likeness (QED) is 0.764. The number of hydrogen-bond donors (Lipinski definition) is 2. The van der Waals surface area contributed by atoms with Crippen molar-refractivity contribution in [3.63, 3.8) is 0 Å². The molecule has 3 rings (SSSR count). The summed E-state index contributed by atoms with van der Waals surface area (Å²) in [4.78, 5) is 23.8. The Kier molecular flexibility index (Phi) is 4.07. The van der Waals surface area contributed by atoms with Gasteiger partial charge in [-0.25, -0.2) is 24.1 Å². The maximum absolute atomic E-state index is 13.9. The number of fused-ring (bicyclic) bond motifs is 1. The molecule has 0 saturated carbocycles. The summed E-state index contributed by atoms with van der Waals surface area (Å²) in [5, 5.41) is 8.91. The van der Waals surface area contributed by atoms with Crippen LogP contribution >= 0.6 is 0 Å². The second kappa shape index (κ2) is 6.19. The molecule has 6 nitrogen and oxygen atoms in total. The van der Waals surface area contributed by atoms with Crippen LogP contribution in [0.4, 0.5) is 10.3 Å².